The van der Waals surface area contributed by atoms with E-state index in [9.17, 15) is 4.79 Å². The number of aromatic amines is 1. The molecule has 0 bridgehead atoms. The Bertz CT molecular complexity index is 877. The van der Waals surface area contributed by atoms with Gasteiger partial charge in [-0.3, -0.25) is 4.79 Å². The number of hydrogen-bond donors (Lipinski definition) is 1. The summed E-state index contributed by atoms with van der Waals surface area (Å²) in [5.41, 5.74) is 0.982. The Hall–Kier alpha value is -1.60. The quantitative estimate of drug-likeness (QED) is 0.739. The second-order valence-electron chi connectivity index (χ2n) is 5.17. The molecule has 3 rings (SSSR count). The molecule has 0 spiro atoms. The molecule has 5 nitrogen and oxygen atoms in total. The second-order valence-corrected chi connectivity index (χ2v) is 7.68. The summed E-state index contributed by atoms with van der Waals surface area (Å²) in [7, 11) is 0. The maximum absolute atomic E-state index is 12.3. The lowest BCUT2D eigenvalue weighted by Gasteiger charge is -2.11. The first-order valence-corrected chi connectivity index (χ1v) is 8.88. The number of hydrogen-bond acceptors (Lipinski definition) is 5. The lowest BCUT2D eigenvalue weighted by molar-refractivity contribution is 0.679. The van der Waals surface area contributed by atoms with Crippen LogP contribution in [0.4, 0.5) is 0 Å². The lowest BCUT2D eigenvalue weighted by Crippen LogP contribution is -2.12. The molecule has 0 aliphatic heterocycles. The van der Waals surface area contributed by atoms with Crippen LogP contribution >= 0.6 is 23.1 Å². The molecule has 7 heteroatoms. The predicted octanol–water partition coefficient (Wildman–Crippen LogP) is 3.67. The van der Waals surface area contributed by atoms with Gasteiger partial charge < -0.3 is 9.55 Å². The monoisotopic (exact) mass is 334 g/mol. The van der Waals surface area contributed by atoms with Gasteiger partial charge in [0.2, 0.25) is 0 Å². The van der Waals surface area contributed by atoms with Gasteiger partial charge in [0.05, 0.1) is 10.6 Å². The van der Waals surface area contributed by atoms with Crippen LogP contribution in [0.1, 0.15) is 35.4 Å². The van der Waals surface area contributed by atoms with Gasteiger partial charge in [-0.2, -0.15) is 0 Å². The van der Waals surface area contributed by atoms with Crippen LogP contribution in [0.3, 0.4) is 0 Å². The molecule has 0 amide bonds. The minimum atomic E-state index is -0.0480. The summed E-state index contributed by atoms with van der Waals surface area (Å²) in [5, 5.41) is 1.70. The van der Waals surface area contributed by atoms with E-state index in [0.29, 0.717) is 5.82 Å². The standard InChI is InChI=1S/C15H18N4OS2/c1-5-19-7-6-16-15(19)22-10(4)12-17-13(20)11-8(2)9(3)21-14(11)18-12/h6-7,10H,5H2,1-4H3,(H,17,18,20). The van der Waals surface area contributed by atoms with Crippen LogP contribution in [-0.2, 0) is 6.54 Å². The zero-order chi connectivity index (χ0) is 15.9. The van der Waals surface area contributed by atoms with Crippen LogP contribution in [0.25, 0.3) is 10.2 Å². The van der Waals surface area contributed by atoms with Gasteiger partial charge in [-0.1, -0.05) is 11.8 Å². The molecular formula is C15H18N4OS2. The average molecular weight is 334 g/mol. The van der Waals surface area contributed by atoms with Gasteiger partial charge in [-0.05, 0) is 33.3 Å². The lowest BCUT2D eigenvalue weighted by atomic mass is 10.2. The number of H-pyrrole nitrogens is 1. The highest BCUT2D eigenvalue weighted by Gasteiger charge is 2.17. The molecule has 116 valence electrons. The molecule has 0 aliphatic rings. The average Bonchev–Trinajstić information content (AvgIpc) is 3.04. The first kappa shape index (κ1) is 15.3. The maximum atomic E-state index is 12.3. The molecule has 3 heterocycles. The van der Waals surface area contributed by atoms with Crippen molar-refractivity contribution in [2.45, 2.75) is 44.6 Å². The Morgan fingerprint density at radius 2 is 2.23 bits per heavy atom. The Morgan fingerprint density at radius 1 is 1.45 bits per heavy atom. The zero-order valence-corrected chi connectivity index (χ0v) is 14.6. The number of imidazole rings is 1. The number of fused-ring (bicyclic) bond motifs is 1. The van der Waals surface area contributed by atoms with E-state index in [2.05, 4.69) is 26.4 Å². The van der Waals surface area contributed by atoms with Crippen molar-refractivity contribution in [3.63, 3.8) is 0 Å². The summed E-state index contributed by atoms with van der Waals surface area (Å²) >= 11 is 3.19. The van der Waals surface area contributed by atoms with Gasteiger partial charge in [0.1, 0.15) is 10.7 Å². The van der Waals surface area contributed by atoms with Crippen molar-refractivity contribution in [1.82, 2.24) is 19.5 Å². The van der Waals surface area contributed by atoms with Gasteiger partial charge in [0.15, 0.2) is 5.16 Å². The number of nitrogens with one attached hydrogen (secondary N) is 1. The fourth-order valence-corrected chi connectivity index (χ4v) is 4.36. The number of rotatable bonds is 4. The molecule has 0 aromatic carbocycles. The van der Waals surface area contributed by atoms with Crippen LogP contribution in [0.15, 0.2) is 22.3 Å². The summed E-state index contributed by atoms with van der Waals surface area (Å²) in [5.74, 6) is 0.703. The van der Waals surface area contributed by atoms with Gasteiger partial charge >= 0.3 is 0 Å². The molecule has 22 heavy (non-hydrogen) atoms. The minimum absolute atomic E-state index is 0.0347. The van der Waals surface area contributed by atoms with E-state index in [4.69, 9.17) is 0 Å². The highest BCUT2D eigenvalue weighted by atomic mass is 32.2. The van der Waals surface area contributed by atoms with E-state index in [-0.39, 0.29) is 10.8 Å². The fourth-order valence-electron chi connectivity index (χ4n) is 2.33. The van der Waals surface area contributed by atoms with Crippen molar-refractivity contribution in [1.29, 1.82) is 0 Å². The van der Waals surface area contributed by atoms with Gasteiger partial charge in [0.25, 0.3) is 5.56 Å². The molecule has 1 N–H and O–H groups in total. The smallest absolute Gasteiger partial charge is 0.259 e. The third-order valence-corrected chi connectivity index (χ3v) is 5.97. The van der Waals surface area contributed by atoms with Crippen LogP contribution in [0, 0.1) is 13.8 Å². The van der Waals surface area contributed by atoms with E-state index >= 15 is 0 Å². The number of thiophene rings is 1. The van der Waals surface area contributed by atoms with Crippen molar-refractivity contribution >= 4 is 33.3 Å². The maximum Gasteiger partial charge on any atom is 0.259 e. The Balaban J connectivity index is 1.98. The van der Waals surface area contributed by atoms with Crippen molar-refractivity contribution in [2.75, 3.05) is 0 Å². The first-order valence-electron chi connectivity index (χ1n) is 7.19. The van der Waals surface area contributed by atoms with Gasteiger partial charge in [0, 0.05) is 23.8 Å². The third kappa shape index (κ3) is 2.59. The molecule has 3 aromatic heterocycles. The van der Waals surface area contributed by atoms with E-state index in [1.54, 1.807) is 29.3 Å². The molecular weight excluding hydrogens is 316 g/mol. The number of aromatic nitrogens is 4. The molecule has 3 aromatic rings. The largest absolute Gasteiger partial charge is 0.326 e. The van der Waals surface area contributed by atoms with E-state index in [1.807, 2.05) is 27.0 Å². The Labute approximate surface area is 136 Å². The molecule has 1 atom stereocenters. The van der Waals surface area contributed by atoms with E-state index < -0.39 is 0 Å². The number of aryl methyl sites for hydroxylation is 3. The minimum Gasteiger partial charge on any atom is -0.326 e. The van der Waals surface area contributed by atoms with Gasteiger partial charge in [-0.25, -0.2) is 9.97 Å². The summed E-state index contributed by atoms with van der Waals surface area (Å²) < 4.78 is 2.08. The molecule has 0 aliphatic carbocycles. The fraction of sp³-hybridized carbons (Fsp3) is 0.400. The molecule has 0 radical (unpaired) electrons. The van der Waals surface area contributed by atoms with Gasteiger partial charge in [-0.15, -0.1) is 11.3 Å². The third-order valence-electron chi connectivity index (χ3n) is 3.74. The van der Waals surface area contributed by atoms with Crippen molar-refractivity contribution < 1.29 is 0 Å². The highest BCUT2D eigenvalue weighted by Crippen LogP contribution is 2.33. The van der Waals surface area contributed by atoms with Crippen LogP contribution < -0.4 is 5.56 Å². The predicted molar refractivity (Wildman–Crippen MR) is 91.9 cm³/mol. The number of nitrogens with zero attached hydrogens (tertiary/aromatic N) is 3. The van der Waals surface area contributed by atoms with Crippen LogP contribution in [0.2, 0.25) is 0 Å². The van der Waals surface area contributed by atoms with Crippen molar-refractivity contribution in [3.05, 3.63) is 39.0 Å². The van der Waals surface area contributed by atoms with Crippen LogP contribution in [-0.4, -0.2) is 19.5 Å². The molecule has 0 fully saturated rings. The Kier molecular flexibility index (Phi) is 4.10. The first-order chi connectivity index (χ1) is 10.5. The topological polar surface area (TPSA) is 63.6 Å². The Morgan fingerprint density at radius 3 is 2.95 bits per heavy atom. The van der Waals surface area contributed by atoms with E-state index in [1.165, 1.54) is 0 Å². The second kappa shape index (κ2) is 5.89. The van der Waals surface area contributed by atoms with E-state index in [0.717, 1.165) is 32.4 Å². The number of thioether (sulfide) groups is 1. The summed E-state index contributed by atoms with van der Waals surface area (Å²) in [6, 6.07) is 0. The molecule has 0 saturated heterocycles. The van der Waals surface area contributed by atoms with Crippen molar-refractivity contribution in [2.24, 2.45) is 0 Å². The SMILES string of the molecule is CCn1ccnc1SC(C)c1nc2sc(C)c(C)c2c(=O)[nH]1. The van der Waals surface area contributed by atoms with Crippen molar-refractivity contribution in [3.8, 4) is 0 Å². The zero-order valence-electron chi connectivity index (χ0n) is 13.0. The summed E-state index contributed by atoms with van der Waals surface area (Å²) in [6.45, 7) is 9.00. The molecule has 1 unspecified atom stereocenters. The molecule has 0 saturated carbocycles. The normalized spacial score (nSPS) is 12.9. The highest BCUT2D eigenvalue weighted by molar-refractivity contribution is 7.99. The van der Waals surface area contributed by atoms with Crippen LogP contribution in [0.5, 0.6) is 0 Å². The summed E-state index contributed by atoms with van der Waals surface area (Å²) in [4.78, 5) is 26.3. The summed E-state index contributed by atoms with van der Waals surface area (Å²) in [6.07, 6.45) is 3.75.